The molecular formula is C17H14N2. The molecule has 0 aliphatic rings. The molecule has 1 N–H and O–H groups in total. The van der Waals surface area contributed by atoms with E-state index in [1.807, 2.05) is 0 Å². The first kappa shape index (κ1) is 10.4. The van der Waals surface area contributed by atoms with E-state index in [0.717, 1.165) is 0 Å². The van der Waals surface area contributed by atoms with E-state index in [0.29, 0.717) is 0 Å². The first-order chi connectivity index (χ1) is 9.33. The SMILES string of the molecule is Cn1c(-c2cc3ccccc3[nH]2)cc2ccccc21. The van der Waals surface area contributed by atoms with Gasteiger partial charge in [-0.05, 0) is 24.3 Å². The molecule has 0 unspecified atom stereocenters. The Morgan fingerprint density at radius 3 is 2.37 bits per heavy atom. The van der Waals surface area contributed by atoms with Crippen LogP contribution >= 0.6 is 0 Å². The monoisotopic (exact) mass is 246 g/mol. The Hall–Kier alpha value is -2.48. The number of aromatic nitrogens is 2. The number of aryl methyl sites for hydroxylation is 1. The Bertz CT molecular complexity index is 847. The second-order valence-electron chi connectivity index (χ2n) is 4.92. The van der Waals surface area contributed by atoms with Crippen LogP contribution in [-0.2, 0) is 7.05 Å². The molecule has 0 saturated carbocycles. The summed E-state index contributed by atoms with van der Waals surface area (Å²) in [4.78, 5) is 3.49. The molecule has 0 aliphatic heterocycles. The quantitative estimate of drug-likeness (QED) is 0.516. The van der Waals surface area contributed by atoms with Crippen molar-refractivity contribution in [3.8, 4) is 11.4 Å². The smallest absolute Gasteiger partial charge is 0.0654 e. The van der Waals surface area contributed by atoms with Crippen molar-refractivity contribution in [2.24, 2.45) is 7.05 Å². The standard InChI is InChI=1S/C17H14N2/c1-19-16-9-5-3-7-13(16)11-17(19)15-10-12-6-2-4-8-14(12)18-15/h2-11,18H,1H3. The number of H-pyrrole nitrogens is 1. The lowest BCUT2D eigenvalue weighted by atomic mass is 10.2. The summed E-state index contributed by atoms with van der Waals surface area (Å²) in [7, 11) is 2.11. The van der Waals surface area contributed by atoms with Gasteiger partial charge in [-0.25, -0.2) is 0 Å². The zero-order valence-corrected chi connectivity index (χ0v) is 10.7. The first-order valence-corrected chi connectivity index (χ1v) is 6.45. The van der Waals surface area contributed by atoms with Gasteiger partial charge in [0.2, 0.25) is 0 Å². The molecule has 4 aromatic rings. The van der Waals surface area contributed by atoms with Crippen LogP contribution in [0.5, 0.6) is 0 Å². The molecule has 0 spiro atoms. The molecule has 0 radical (unpaired) electrons. The Balaban J connectivity index is 2.01. The van der Waals surface area contributed by atoms with Crippen LogP contribution in [0.4, 0.5) is 0 Å². The van der Waals surface area contributed by atoms with Gasteiger partial charge < -0.3 is 9.55 Å². The molecule has 0 atom stereocenters. The topological polar surface area (TPSA) is 20.7 Å². The van der Waals surface area contributed by atoms with Crippen molar-refractivity contribution in [2.45, 2.75) is 0 Å². The van der Waals surface area contributed by atoms with E-state index in [4.69, 9.17) is 0 Å². The summed E-state index contributed by atoms with van der Waals surface area (Å²) in [6.07, 6.45) is 0. The van der Waals surface area contributed by atoms with E-state index in [-0.39, 0.29) is 0 Å². The lowest BCUT2D eigenvalue weighted by Crippen LogP contribution is -1.90. The number of hydrogen-bond acceptors (Lipinski definition) is 0. The highest BCUT2D eigenvalue weighted by Gasteiger charge is 2.09. The normalized spacial score (nSPS) is 11.4. The third-order valence-corrected chi connectivity index (χ3v) is 3.76. The van der Waals surface area contributed by atoms with Crippen molar-refractivity contribution in [3.05, 3.63) is 60.7 Å². The second kappa shape index (κ2) is 3.75. The molecule has 0 aliphatic carbocycles. The van der Waals surface area contributed by atoms with Crippen LogP contribution < -0.4 is 0 Å². The molecule has 0 saturated heterocycles. The highest BCUT2D eigenvalue weighted by Crippen LogP contribution is 2.28. The zero-order valence-electron chi connectivity index (χ0n) is 10.7. The van der Waals surface area contributed by atoms with Crippen molar-refractivity contribution in [1.29, 1.82) is 0 Å². The van der Waals surface area contributed by atoms with E-state index in [2.05, 4.69) is 77.3 Å². The van der Waals surface area contributed by atoms with Crippen LogP contribution in [0.25, 0.3) is 33.2 Å². The number of aromatic amines is 1. The summed E-state index contributed by atoms with van der Waals surface area (Å²) in [6, 6.07) is 21.3. The maximum Gasteiger partial charge on any atom is 0.0654 e. The molecular weight excluding hydrogens is 232 g/mol. The molecule has 0 bridgehead atoms. The number of hydrogen-bond donors (Lipinski definition) is 1. The van der Waals surface area contributed by atoms with Gasteiger partial charge in [-0.3, -0.25) is 0 Å². The van der Waals surface area contributed by atoms with Crippen molar-refractivity contribution < 1.29 is 0 Å². The van der Waals surface area contributed by atoms with Gasteiger partial charge in [-0.15, -0.1) is 0 Å². The van der Waals surface area contributed by atoms with Crippen molar-refractivity contribution in [3.63, 3.8) is 0 Å². The maximum atomic E-state index is 3.49. The van der Waals surface area contributed by atoms with Gasteiger partial charge >= 0.3 is 0 Å². The zero-order chi connectivity index (χ0) is 12.8. The molecule has 2 heteroatoms. The molecule has 92 valence electrons. The molecule has 2 nitrogen and oxygen atoms in total. The lowest BCUT2D eigenvalue weighted by Gasteiger charge is -2.01. The first-order valence-electron chi connectivity index (χ1n) is 6.45. The van der Waals surface area contributed by atoms with E-state index < -0.39 is 0 Å². The predicted molar refractivity (Wildman–Crippen MR) is 80.2 cm³/mol. The van der Waals surface area contributed by atoms with Gasteiger partial charge in [0.25, 0.3) is 0 Å². The fourth-order valence-electron chi connectivity index (χ4n) is 2.76. The van der Waals surface area contributed by atoms with E-state index in [1.165, 1.54) is 33.2 Å². The fraction of sp³-hybridized carbons (Fsp3) is 0.0588. The number of para-hydroxylation sites is 2. The Morgan fingerprint density at radius 1 is 0.842 bits per heavy atom. The minimum atomic E-state index is 1.17. The molecule has 0 amide bonds. The molecule has 2 aromatic carbocycles. The van der Waals surface area contributed by atoms with E-state index >= 15 is 0 Å². The predicted octanol–water partition coefficient (Wildman–Crippen LogP) is 4.33. The van der Waals surface area contributed by atoms with Gasteiger partial charge in [0, 0.05) is 28.9 Å². The van der Waals surface area contributed by atoms with E-state index in [9.17, 15) is 0 Å². The molecule has 19 heavy (non-hydrogen) atoms. The molecule has 2 heterocycles. The van der Waals surface area contributed by atoms with Crippen LogP contribution in [0.1, 0.15) is 0 Å². The highest BCUT2D eigenvalue weighted by molar-refractivity contribution is 5.90. The molecule has 0 fully saturated rings. The Kier molecular flexibility index (Phi) is 2.06. The van der Waals surface area contributed by atoms with Gasteiger partial charge in [0.1, 0.15) is 0 Å². The highest BCUT2D eigenvalue weighted by atomic mass is 15.0. The minimum absolute atomic E-state index is 1.17. The number of rotatable bonds is 1. The Labute approximate surface area is 111 Å². The lowest BCUT2D eigenvalue weighted by molar-refractivity contribution is 0.973. The summed E-state index contributed by atoms with van der Waals surface area (Å²) in [5, 5.41) is 2.53. The van der Waals surface area contributed by atoms with Crippen LogP contribution in [0, 0.1) is 0 Å². The average Bonchev–Trinajstić information content (AvgIpc) is 3.00. The van der Waals surface area contributed by atoms with Gasteiger partial charge in [-0.1, -0.05) is 36.4 Å². The van der Waals surface area contributed by atoms with Crippen LogP contribution in [-0.4, -0.2) is 9.55 Å². The summed E-state index contributed by atoms with van der Waals surface area (Å²) in [6.45, 7) is 0. The van der Waals surface area contributed by atoms with Gasteiger partial charge in [0.05, 0.1) is 11.4 Å². The van der Waals surface area contributed by atoms with Crippen LogP contribution in [0.15, 0.2) is 60.7 Å². The average molecular weight is 246 g/mol. The largest absolute Gasteiger partial charge is 0.353 e. The number of benzene rings is 2. The van der Waals surface area contributed by atoms with Crippen molar-refractivity contribution in [1.82, 2.24) is 9.55 Å². The molecule has 4 rings (SSSR count). The number of fused-ring (bicyclic) bond motifs is 2. The van der Waals surface area contributed by atoms with Crippen LogP contribution in [0.2, 0.25) is 0 Å². The number of nitrogens with zero attached hydrogens (tertiary/aromatic N) is 1. The summed E-state index contributed by atoms with van der Waals surface area (Å²) in [5.74, 6) is 0. The minimum Gasteiger partial charge on any atom is -0.353 e. The van der Waals surface area contributed by atoms with Crippen molar-refractivity contribution in [2.75, 3.05) is 0 Å². The van der Waals surface area contributed by atoms with E-state index in [1.54, 1.807) is 0 Å². The fourth-order valence-corrected chi connectivity index (χ4v) is 2.76. The summed E-state index contributed by atoms with van der Waals surface area (Å²) < 4.78 is 2.24. The van der Waals surface area contributed by atoms with Crippen molar-refractivity contribution >= 4 is 21.8 Å². The second-order valence-corrected chi connectivity index (χ2v) is 4.92. The Morgan fingerprint density at radius 2 is 1.58 bits per heavy atom. The van der Waals surface area contributed by atoms with Gasteiger partial charge in [0.15, 0.2) is 0 Å². The van der Waals surface area contributed by atoms with Gasteiger partial charge in [-0.2, -0.15) is 0 Å². The third kappa shape index (κ3) is 1.50. The van der Waals surface area contributed by atoms with Crippen LogP contribution in [0.3, 0.4) is 0 Å². The third-order valence-electron chi connectivity index (χ3n) is 3.76. The molecule has 2 aromatic heterocycles. The maximum absolute atomic E-state index is 3.49. The summed E-state index contributed by atoms with van der Waals surface area (Å²) >= 11 is 0. The summed E-state index contributed by atoms with van der Waals surface area (Å²) in [5.41, 5.74) is 4.83. The number of nitrogens with one attached hydrogen (secondary N) is 1.